The third kappa shape index (κ3) is 4.26. The van der Waals surface area contributed by atoms with Gasteiger partial charge in [0.2, 0.25) is 0 Å². The third-order valence-electron chi connectivity index (χ3n) is 4.44. The Morgan fingerprint density at radius 2 is 1.93 bits per heavy atom. The first-order valence-electron chi connectivity index (χ1n) is 9.13. The Labute approximate surface area is 177 Å². The number of benzene rings is 1. The average Bonchev–Trinajstić information content (AvgIpc) is 3.15. The number of nitrogens with zero attached hydrogens (tertiary/aromatic N) is 3. The SMILES string of the molecule is COc1cc(OCc2ccc(C)nc2)ccc1-c1nc(-c2ccc(F)cn2)[nH]c1Cl. The number of ether oxygens (including phenoxy) is 2. The van der Waals surface area contributed by atoms with Crippen LogP contribution >= 0.6 is 11.6 Å². The van der Waals surface area contributed by atoms with Crippen molar-refractivity contribution in [1.29, 1.82) is 0 Å². The average molecular weight is 425 g/mol. The Morgan fingerprint density at radius 3 is 2.63 bits per heavy atom. The molecule has 1 N–H and O–H groups in total. The van der Waals surface area contributed by atoms with Gasteiger partial charge in [0.05, 0.1) is 13.3 Å². The lowest BCUT2D eigenvalue weighted by molar-refractivity contribution is 0.303. The summed E-state index contributed by atoms with van der Waals surface area (Å²) in [4.78, 5) is 15.8. The molecular formula is C22H18ClFN4O2. The quantitative estimate of drug-likeness (QED) is 0.459. The van der Waals surface area contributed by atoms with Gasteiger partial charge in [0.15, 0.2) is 5.82 Å². The van der Waals surface area contributed by atoms with E-state index in [1.807, 2.05) is 31.2 Å². The molecule has 3 aromatic heterocycles. The number of aromatic amines is 1. The number of halogens is 2. The Hall–Kier alpha value is -3.45. The van der Waals surface area contributed by atoms with Crippen molar-refractivity contribution in [1.82, 2.24) is 19.9 Å². The number of hydrogen-bond acceptors (Lipinski definition) is 5. The van der Waals surface area contributed by atoms with Gasteiger partial charge in [-0.2, -0.15) is 0 Å². The largest absolute Gasteiger partial charge is 0.496 e. The van der Waals surface area contributed by atoms with Crippen LogP contribution in [0.15, 0.2) is 54.9 Å². The summed E-state index contributed by atoms with van der Waals surface area (Å²) in [7, 11) is 1.56. The molecular weight excluding hydrogens is 407 g/mol. The van der Waals surface area contributed by atoms with Crippen LogP contribution in [0.1, 0.15) is 11.3 Å². The van der Waals surface area contributed by atoms with Crippen molar-refractivity contribution in [3.05, 3.63) is 77.1 Å². The van der Waals surface area contributed by atoms with E-state index in [0.717, 1.165) is 17.5 Å². The highest BCUT2D eigenvalue weighted by Crippen LogP contribution is 2.37. The Balaban J connectivity index is 1.58. The van der Waals surface area contributed by atoms with Gasteiger partial charge in [-0.05, 0) is 37.3 Å². The molecule has 3 heterocycles. The predicted molar refractivity (Wildman–Crippen MR) is 112 cm³/mol. The first-order valence-corrected chi connectivity index (χ1v) is 9.51. The molecule has 0 saturated heterocycles. The fraction of sp³-hybridized carbons (Fsp3) is 0.136. The van der Waals surface area contributed by atoms with Crippen molar-refractivity contribution in [2.24, 2.45) is 0 Å². The maximum atomic E-state index is 13.1. The zero-order chi connectivity index (χ0) is 21.1. The Kier molecular flexibility index (Phi) is 5.63. The summed E-state index contributed by atoms with van der Waals surface area (Å²) in [5, 5.41) is 0.328. The van der Waals surface area contributed by atoms with Gasteiger partial charge in [-0.3, -0.25) is 4.98 Å². The van der Waals surface area contributed by atoms with Gasteiger partial charge in [0.25, 0.3) is 0 Å². The van der Waals surface area contributed by atoms with E-state index in [4.69, 9.17) is 21.1 Å². The zero-order valence-corrected chi connectivity index (χ0v) is 17.1. The molecule has 0 radical (unpaired) electrons. The molecule has 4 rings (SSSR count). The third-order valence-corrected chi connectivity index (χ3v) is 4.71. The molecule has 0 bridgehead atoms. The van der Waals surface area contributed by atoms with E-state index in [1.165, 1.54) is 12.1 Å². The molecule has 0 aliphatic rings. The fourth-order valence-electron chi connectivity index (χ4n) is 2.88. The van der Waals surface area contributed by atoms with Gasteiger partial charge in [0.1, 0.15) is 40.5 Å². The Morgan fingerprint density at radius 1 is 1.07 bits per heavy atom. The lowest BCUT2D eigenvalue weighted by Gasteiger charge is -2.11. The van der Waals surface area contributed by atoms with Crippen molar-refractivity contribution in [2.45, 2.75) is 13.5 Å². The minimum absolute atomic E-state index is 0.328. The number of pyridine rings is 2. The topological polar surface area (TPSA) is 72.9 Å². The zero-order valence-electron chi connectivity index (χ0n) is 16.3. The van der Waals surface area contributed by atoms with Gasteiger partial charge in [-0.1, -0.05) is 17.7 Å². The smallest absolute Gasteiger partial charge is 0.157 e. The van der Waals surface area contributed by atoms with Crippen LogP contribution < -0.4 is 9.47 Å². The van der Waals surface area contributed by atoms with Crippen molar-refractivity contribution < 1.29 is 13.9 Å². The molecule has 0 unspecified atom stereocenters. The van der Waals surface area contributed by atoms with Crippen LogP contribution in [0.4, 0.5) is 4.39 Å². The molecule has 30 heavy (non-hydrogen) atoms. The molecule has 0 aliphatic heterocycles. The van der Waals surface area contributed by atoms with E-state index in [-0.39, 0.29) is 0 Å². The number of rotatable bonds is 6. The normalized spacial score (nSPS) is 10.8. The van der Waals surface area contributed by atoms with Crippen molar-refractivity contribution in [2.75, 3.05) is 7.11 Å². The van der Waals surface area contributed by atoms with Crippen molar-refractivity contribution >= 4 is 11.6 Å². The minimum atomic E-state index is -0.421. The van der Waals surface area contributed by atoms with Gasteiger partial charge < -0.3 is 14.5 Å². The molecule has 0 saturated carbocycles. The molecule has 4 aromatic rings. The summed E-state index contributed by atoms with van der Waals surface area (Å²) in [6.07, 6.45) is 2.91. The molecule has 6 nitrogen and oxygen atoms in total. The lowest BCUT2D eigenvalue weighted by Crippen LogP contribution is -1.97. The maximum absolute atomic E-state index is 13.1. The Bertz CT molecular complexity index is 1160. The van der Waals surface area contributed by atoms with Gasteiger partial charge >= 0.3 is 0 Å². The van der Waals surface area contributed by atoms with Gasteiger partial charge in [-0.15, -0.1) is 0 Å². The van der Waals surface area contributed by atoms with Crippen LogP contribution in [-0.4, -0.2) is 27.0 Å². The van der Waals surface area contributed by atoms with Crippen LogP contribution in [0.25, 0.3) is 22.8 Å². The van der Waals surface area contributed by atoms with E-state index in [1.54, 1.807) is 19.4 Å². The van der Waals surface area contributed by atoms with Crippen molar-refractivity contribution in [3.8, 4) is 34.3 Å². The van der Waals surface area contributed by atoms with Crippen LogP contribution in [-0.2, 0) is 6.61 Å². The summed E-state index contributed by atoms with van der Waals surface area (Å²) < 4.78 is 24.5. The van der Waals surface area contributed by atoms with Crippen LogP contribution in [0, 0.1) is 12.7 Å². The highest BCUT2D eigenvalue weighted by Gasteiger charge is 2.17. The van der Waals surface area contributed by atoms with Crippen LogP contribution in [0.2, 0.25) is 5.15 Å². The second-order valence-corrected chi connectivity index (χ2v) is 6.95. The number of imidazole rings is 1. The van der Waals surface area contributed by atoms with Gasteiger partial charge in [-0.25, -0.2) is 14.4 Å². The standard InChI is InChI=1S/C22H18ClFN4O2/c1-13-3-4-14(10-25-13)12-30-16-6-7-17(19(9-16)29-2)20-21(23)28-22(27-20)18-8-5-15(24)11-26-18/h3-11H,12H2,1-2H3,(H,27,28). The molecule has 0 aliphatic carbocycles. The highest BCUT2D eigenvalue weighted by atomic mass is 35.5. The molecule has 152 valence electrons. The lowest BCUT2D eigenvalue weighted by atomic mass is 10.1. The summed E-state index contributed by atoms with van der Waals surface area (Å²) >= 11 is 6.37. The van der Waals surface area contributed by atoms with Gasteiger partial charge in [0, 0.05) is 29.1 Å². The number of nitrogens with one attached hydrogen (secondary N) is 1. The van der Waals surface area contributed by atoms with E-state index in [0.29, 0.717) is 46.0 Å². The van der Waals surface area contributed by atoms with E-state index in [9.17, 15) is 4.39 Å². The number of aromatic nitrogens is 4. The highest BCUT2D eigenvalue weighted by molar-refractivity contribution is 6.32. The monoisotopic (exact) mass is 424 g/mol. The number of hydrogen-bond donors (Lipinski definition) is 1. The predicted octanol–water partition coefficient (Wildman–Crippen LogP) is 5.22. The number of H-pyrrole nitrogens is 1. The van der Waals surface area contributed by atoms with E-state index < -0.39 is 5.82 Å². The molecule has 0 fully saturated rings. The van der Waals surface area contributed by atoms with E-state index >= 15 is 0 Å². The first kappa shape index (κ1) is 19.8. The second-order valence-electron chi connectivity index (χ2n) is 6.57. The summed E-state index contributed by atoms with van der Waals surface area (Å²) in [6, 6.07) is 12.2. The number of methoxy groups -OCH3 is 1. The minimum Gasteiger partial charge on any atom is -0.496 e. The van der Waals surface area contributed by atoms with E-state index in [2.05, 4.69) is 19.9 Å². The molecule has 0 spiro atoms. The summed E-state index contributed by atoms with van der Waals surface area (Å²) in [5.74, 6) is 1.21. The summed E-state index contributed by atoms with van der Waals surface area (Å²) in [5.41, 5.74) is 3.60. The molecule has 0 atom stereocenters. The maximum Gasteiger partial charge on any atom is 0.157 e. The second kappa shape index (κ2) is 8.51. The fourth-order valence-corrected chi connectivity index (χ4v) is 3.11. The molecule has 1 aromatic carbocycles. The number of aryl methyl sites for hydroxylation is 1. The molecule has 8 heteroatoms. The molecule has 0 amide bonds. The van der Waals surface area contributed by atoms with Crippen LogP contribution in [0.5, 0.6) is 11.5 Å². The van der Waals surface area contributed by atoms with Crippen molar-refractivity contribution in [3.63, 3.8) is 0 Å². The first-order chi connectivity index (χ1) is 14.5. The summed E-state index contributed by atoms with van der Waals surface area (Å²) in [6.45, 7) is 2.32. The van der Waals surface area contributed by atoms with Crippen LogP contribution in [0.3, 0.4) is 0 Å².